The molecule has 1 unspecified atom stereocenters. The minimum absolute atomic E-state index is 0.717. The molecule has 4 heteroatoms. The third-order valence-corrected chi connectivity index (χ3v) is 3.37. The molecule has 1 aromatic rings. The fourth-order valence-electron chi connectivity index (χ4n) is 2.41. The Bertz CT molecular complexity index is 277. The number of hydrogen-bond acceptors (Lipinski definition) is 3. The van der Waals surface area contributed by atoms with E-state index in [0.717, 1.165) is 26.2 Å². The lowest BCUT2D eigenvalue weighted by Crippen LogP contribution is -2.46. The number of nitrogens with zero attached hydrogens (tertiary/aromatic N) is 3. The van der Waals surface area contributed by atoms with Crippen LogP contribution in [0.4, 0.5) is 0 Å². The molecule has 0 bridgehead atoms. The second kappa shape index (κ2) is 6.01. The average molecular weight is 222 g/mol. The van der Waals surface area contributed by atoms with Crippen molar-refractivity contribution in [2.24, 2.45) is 0 Å². The van der Waals surface area contributed by atoms with Crippen LogP contribution in [0.3, 0.4) is 0 Å². The van der Waals surface area contributed by atoms with Crippen molar-refractivity contribution in [1.82, 2.24) is 20.0 Å². The predicted molar refractivity (Wildman–Crippen MR) is 65.4 cm³/mol. The summed E-state index contributed by atoms with van der Waals surface area (Å²) in [5.74, 6) is 0. The molecule has 0 saturated carbocycles. The van der Waals surface area contributed by atoms with E-state index in [0.29, 0.717) is 6.04 Å². The topological polar surface area (TPSA) is 33.1 Å². The predicted octanol–water partition coefficient (Wildman–Crippen LogP) is 0.957. The van der Waals surface area contributed by atoms with Gasteiger partial charge in [-0.2, -0.15) is 5.10 Å². The van der Waals surface area contributed by atoms with Crippen LogP contribution in [-0.2, 0) is 6.54 Å². The van der Waals surface area contributed by atoms with Gasteiger partial charge in [-0.1, -0.05) is 6.92 Å². The Hall–Kier alpha value is -0.870. The normalized spacial score (nSPS) is 21.5. The van der Waals surface area contributed by atoms with E-state index in [2.05, 4.69) is 22.2 Å². The van der Waals surface area contributed by atoms with Gasteiger partial charge in [0.15, 0.2) is 0 Å². The lowest BCUT2D eigenvalue weighted by atomic mass is 10.1. The summed E-state index contributed by atoms with van der Waals surface area (Å²) in [4.78, 5) is 2.56. The van der Waals surface area contributed by atoms with E-state index in [1.165, 1.54) is 19.4 Å². The quantitative estimate of drug-likeness (QED) is 0.805. The van der Waals surface area contributed by atoms with Gasteiger partial charge in [-0.05, 0) is 32.0 Å². The van der Waals surface area contributed by atoms with Gasteiger partial charge in [-0.25, -0.2) is 0 Å². The third-order valence-electron chi connectivity index (χ3n) is 3.37. The van der Waals surface area contributed by atoms with Crippen LogP contribution in [0.25, 0.3) is 0 Å². The number of aromatic nitrogens is 2. The molecule has 90 valence electrons. The van der Waals surface area contributed by atoms with Crippen LogP contribution in [-0.4, -0.2) is 46.9 Å². The zero-order chi connectivity index (χ0) is 11.2. The molecule has 1 atom stereocenters. The maximum absolute atomic E-state index is 4.24. The number of rotatable bonds is 5. The first-order valence-electron chi connectivity index (χ1n) is 6.32. The first-order valence-corrected chi connectivity index (χ1v) is 6.32. The van der Waals surface area contributed by atoms with Crippen molar-refractivity contribution < 1.29 is 0 Å². The monoisotopic (exact) mass is 222 g/mol. The van der Waals surface area contributed by atoms with Gasteiger partial charge in [-0.15, -0.1) is 0 Å². The minimum atomic E-state index is 0.717. The Morgan fingerprint density at radius 1 is 1.56 bits per heavy atom. The van der Waals surface area contributed by atoms with E-state index < -0.39 is 0 Å². The van der Waals surface area contributed by atoms with E-state index in [-0.39, 0.29) is 0 Å². The molecule has 1 saturated heterocycles. The molecule has 0 aromatic carbocycles. The van der Waals surface area contributed by atoms with Crippen LogP contribution in [0.15, 0.2) is 18.5 Å². The van der Waals surface area contributed by atoms with E-state index in [1.54, 1.807) is 0 Å². The zero-order valence-corrected chi connectivity index (χ0v) is 10.1. The highest BCUT2D eigenvalue weighted by Gasteiger charge is 2.18. The molecular weight excluding hydrogens is 200 g/mol. The third kappa shape index (κ3) is 3.06. The molecule has 0 radical (unpaired) electrons. The molecular formula is C12H22N4. The summed E-state index contributed by atoms with van der Waals surface area (Å²) < 4.78 is 2.01. The molecule has 0 aliphatic carbocycles. The van der Waals surface area contributed by atoms with Crippen LogP contribution in [0, 0.1) is 0 Å². The summed E-state index contributed by atoms with van der Waals surface area (Å²) in [6, 6.07) is 2.70. The molecule has 0 spiro atoms. The van der Waals surface area contributed by atoms with E-state index in [1.807, 2.05) is 23.1 Å². The first-order chi connectivity index (χ1) is 7.90. The summed E-state index contributed by atoms with van der Waals surface area (Å²) in [5, 5.41) is 7.72. The van der Waals surface area contributed by atoms with Gasteiger partial charge in [0, 0.05) is 31.5 Å². The van der Waals surface area contributed by atoms with Crippen LogP contribution in [0.5, 0.6) is 0 Å². The van der Waals surface area contributed by atoms with Crippen molar-refractivity contribution in [3.05, 3.63) is 18.5 Å². The van der Waals surface area contributed by atoms with E-state index in [9.17, 15) is 0 Å². The lowest BCUT2D eigenvalue weighted by molar-refractivity contribution is 0.166. The smallest absolute Gasteiger partial charge is 0.0536 e. The fraction of sp³-hybridized carbons (Fsp3) is 0.750. The fourth-order valence-corrected chi connectivity index (χ4v) is 2.41. The van der Waals surface area contributed by atoms with Crippen LogP contribution >= 0.6 is 0 Å². The Morgan fingerprint density at radius 3 is 3.12 bits per heavy atom. The van der Waals surface area contributed by atoms with Gasteiger partial charge in [0.05, 0.1) is 6.54 Å². The van der Waals surface area contributed by atoms with Crippen LogP contribution in [0.1, 0.15) is 19.8 Å². The van der Waals surface area contributed by atoms with Gasteiger partial charge in [0.1, 0.15) is 0 Å². The Morgan fingerprint density at radius 2 is 2.50 bits per heavy atom. The summed E-state index contributed by atoms with van der Waals surface area (Å²) in [6.07, 6.45) is 6.52. The summed E-state index contributed by atoms with van der Waals surface area (Å²) in [6.45, 7) is 7.81. The van der Waals surface area contributed by atoms with Gasteiger partial charge in [-0.3, -0.25) is 9.58 Å². The highest BCUT2D eigenvalue weighted by Crippen LogP contribution is 2.09. The van der Waals surface area contributed by atoms with Gasteiger partial charge in [0.2, 0.25) is 0 Å². The SMILES string of the molecule is CCN(CCn1cccn1)C1CCCNC1. The number of hydrogen-bond donors (Lipinski definition) is 1. The molecule has 4 nitrogen and oxygen atoms in total. The van der Waals surface area contributed by atoms with Crippen molar-refractivity contribution in [3.63, 3.8) is 0 Å². The van der Waals surface area contributed by atoms with E-state index in [4.69, 9.17) is 0 Å². The van der Waals surface area contributed by atoms with Crippen molar-refractivity contribution in [3.8, 4) is 0 Å². The van der Waals surface area contributed by atoms with Crippen molar-refractivity contribution in [2.75, 3.05) is 26.2 Å². The Labute approximate surface area is 97.6 Å². The standard InChI is InChI=1S/C12H22N4/c1-2-15(12-5-3-6-13-11-12)9-10-16-8-4-7-14-16/h4,7-8,12-13H,2-3,5-6,9-11H2,1H3. The summed E-state index contributed by atoms with van der Waals surface area (Å²) in [7, 11) is 0. The Balaban J connectivity index is 1.80. The molecule has 2 rings (SSSR count). The molecule has 16 heavy (non-hydrogen) atoms. The maximum atomic E-state index is 4.24. The molecule has 1 aliphatic heterocycles. The summed E-state index contributed by atoms with van der Waals surface area (Å²) >= 11 is 0. The molecule has 1 aromatic heterocycles. The molecule has 1 N–H and O–H groups in total. The van der Waals surface area contributed by atoms with Gasteiger partial charge in [0.25, 0.3) is 0 Å². The molecule has 2 heterocycles. The van der Waals surface area contributed by atoms with Gasteiger partial charge >= 0.3 is 0 Å². The molecule has 0 amide bonds. The second-order valence-electron chi connectivity index (χ2n) is 4.40. The van der Waals surface area contributed by atoms with Crippen molar-refractivity contribution in [1.29, 1.82) is 0 Å². The average Bonchev–Trinajstić information content (AvgIpc) is 2.84. The van der Waals surface area contributed by atoms with Crippen LogP contribution in [0.2, 0.25) is 0 Å². The minimum Gasteiger partial charge on any atom is -0.315 e. The second-order valence-corrected chi connectivity index (χ2v) is 4.40. The largest absolute Gasteiger partial charge is 0.315 e. The number of nitrogens with one attached hydrogen (secondary N) is 1. The van der Waals surface area contributed by atoms with E-state index >= 15 is 0 Å². The van der Waals surface area contributed by atoms with Crippen molar-refractivity contribution >= 4 is 0 Å². The lowest BCUT2D eigenvalue weighted by Gasteiger charge is -2.33. The first kappa shape index (κ1) is 11.6. The van der Waals surface area contributed by atoms with Crippen molar-refractivity contribution in [2.45, 2.75) is 32.4 Å². The number of piperidine rings is 1. The maximum Gasteiger partial charge on any atom is 0.0536 e. The molecule has 1 aliphatic rings. The number of likely N-dealkylation sites (N-methyl/N-ethyl adjacent to an activating group) is 1. The van der Waals surface area contributed by atoms with Crippen LogP contribution < -0.4 is 5.32 Å². The Kier molecular flexibility index (Phi) is 4.36. The highest BCUT2D eigenvalue weighted by molar-refractivity contribution is 4.80. The highest BCUT2D eigenvalue weighted by atomic mass is 15.3. The molecule has 1 fully saturated rings. The zero-order valence-electron chi connectivity index (χ0n) is 10.1. The van der Waals surface area contributed by atoms with Gasteiger partial charge < -0.3 is 5.32 Å². The summed E-state index contributed by atoms with van der Waals surface area (Å²) in [5.41, 5.74) is 0.